The smallest absolute Gasteiger partial charge is 0.122 e. The number of benzene rings is 1. The highest BCUT2D eigenvalue weighted by atomic mass is 16.5. The fourth-order valence-electron chi connectivity index (χ4n) is 2.82. The van der Waals surface area contributed by atoms with E-state index in [0.717, 1.165) is 25.2 Å². The van der Waals surface area contributed by atoms with Crippen molar-refractivity contribution in [1.82, 2.24) is 0 Å². The minimum absolute atomic E-state index is 0.284. The number of nitrogens with two attached hydrogens (primary N) is 1. The molecule has 0 bridgehead atoms. The first-order valence-electron chi connectivity index (χ1n) is 7.30. The molecular formula is C16H25NO. The van der Waals surface area contributed by atoms with Crippen molar-refractivity contribution in [3.05, 3.63) is 29.8 Å². The van der Waals surface area contributed by atoms with Gasteiger partial charge >= 0.3 is 0 Å². The molecule has 2 rings (SSSR count). The largest absolute Gasteiger partial charge is 0.493 e. The average molecular weight is 247 g/mol. The van der Waals surface area contributed by atoms with Gasteiger partial charge in [-0.2, -0.15) is 0 Å². The van der Waals surface area contributed by atoms with E-state index in [1.54, 1.807) is 0 Å². The Morgan fingerprint density at radius 1 is 1.28 bits per heavy atom. The van der Waals surface area contributed by atoms with Gasteiger partial charge in [0.15, 0.2) is 0 Å². The van der Waals surface area contributed by atoms with Crippen LogP contribution in [0.15, 0.2) is 24.3 Å². The zero-order valence-corrected chi connectivity index (χ0v) is 11.4. The third-order valence-electron chi connectivity index (χ3n) is 3.91. The zero-order chi connectivity index (χ0) is 12.8. The predicted octanol–water partition coefficient (Wildman–Crippen LogP) is 3.85. The summed E-state index contributed by atoms with van der Waals surface area (Å²) in [6, 6.07) is 8.64. The standard InChI is InChI=1S/C16H25NO/c1-2-3-4-5-9-15(17)13-11-12-18-16-10-7-6-8-14(13)16/h6-8,10,13,15H,2-5,9,11-12,17H2,1H3. The van der Waals surface area contributed by atoms with Gasteiger partial charge in [0.2, 0.25) is 0 Å². The summed E-state index contributed by atoms with van der Waals surface area (Å²) in [5.74, 6) is 1.52. The highest BCUT2D eigenvalue weighted by Gasteiger charge is 2.25. The minimum Gasteiger partial charge on any atom is -0.493 e. The topological polar surface area (TPSA) is 35.2 Å². The van der Waals surface area contributed by atoms with Gasteiger partial charge in [-0.3, -0.25) is 0 Å². The van der Waals surface area contributed by atoms with E-state index in [0.29, 0.717) is 5.92 Å². The van der Waals surface area contributed by atoms with Gasteiger partial charge < -0.3 is 10.5 Å². The van der Waals surface area contributed by atoms with Crippen LogP contribution in [-0.4, -0.2) is 12.6 Å². The second-order valence-corrected chi connectivity index (χ2v) is 5.29. The van der Waals surface area contributed by atoms with Crippen LogP contribution in [-0.2, 0) is 0 Å². The van der Waals surface area contributed by atoms with Crippen LogP contribution in [0.4, 0.5) is 0 Å². The lowest BCUT2D eigenvalue weighted by Gasteiger charge is -2.30. The van der Waals surface area contributed by atoms with Gasteiger partial charge in [-0.05, 0) is 24.5 Å². The Hall–Kier alpha value is -1.02. The minimum atomic E-state index is 0.284. The van der Waals surface area contributed by atoms with E-state index in [4.69, 9.17) is 10.5 Å². The normalized spacial score (nSPS) is 20.0. The molecule has 2 nitrogen and oxygen atoms in total. The second-order valence-electron chi connectivity index (χ2n) is 5.29. The average Bonchev–Trinajstić information content (AvgIpc) is 2.43. The molecule has 1 aliphatic rings. The molecule has 0 spiro atoms. The maximum Gasteiger partial charge on any atom is 0.122 e. The highest BCUT2D eigenvalue weighted by Crippen LogP contribution is 2.36. The molecule has 0 saturated carbocycles. The molecule has 1 aliphatic heterocycles. The number of hydrogen-bond donors (Lipinski definition) is 1. The number of hydrogen-bond acceptors (Lipinski definition) is 2. The lowest BCUT2D eigenvalue weighted by atomic mass is 9.84. The van der Waals surface area contributed by atoms with Crippen molar-refractivity contribution in [2.75, 3.05) is 6.61 Å². The fourth-order valence-corrected chi connectivity index (χ4v) is 2.82. The first-order valence-corrected chi connectivity index (χ1v) is 7.30. The molecule has 100 valence electrons. The lowest BCUT2D eigenvalue weighted by molar-refractivity contribution is 0.251. The van der Waals surface area contributed by atoms with Crippen molar-refractivity contribution in [1.29, 1.82) is 0 Å². The monoisotopic (exact) mass is 247 g/mol. The quantitative estimate of drug-likeness (QED) is 0.775. The van der Waals surface area contributed by atoms with Gasteiger partial charge in [0.05, 0.1) is 6.61 Å². The van der Waals surface area contributed by atoms with Crippen molar-refractivity contribution in [3.63, 3.8) is 0 Å². The summed E-state index contributed by atoms with van der Waals surface area (Å²) < 4.78 is 5.69. The van der Waals surface area contributed by atoms with Gasteiger partial charge in [0, 0.05) is 12.0 Å². The summed E-state index contributed by atoms with van der Waals surface area (Å²) in [5, 5.41) is 0. The number of para-hydroxylation sites is 1. The van der Waals surface area contributed by atoms with Crippen LogP contribution in [0.2, 0.25) is 0 Å². The Kier molecular flexibility index (Phi) is 5.06. The van der Waals surface area contributed by atoms with Crippen molar-refractivity contribution >= 4 is 0 Å². The molecule has 1 heterocycles. The lowest BCUT2D eigenvalue weighted by Crippen LogP contribution is -2.32. The SMILES string of the molecule is CCCCCCC(N)C1CCOc2ccccc21. The Labute approximate surface area is 111 Å². The van der Waals surface area contributed by atoms with E-state index in [1.807, 2.05) is 6.07 Å². The van der Waals surface area contributed by atoms with Crippen LogP contribution in [0.25, 0.3) is 0 Å². The second kappa shape index (κ2) is 6.79. The summed E-state index contributed by atoms with van der Waals surface area (Å²) >= 11 is 0. The zero-order valence-electron chi connectivity index (χ0n) is 11.4. The fraction of sp³-hybridized carbons (Fsp3) is 0.625. The third-order valence-corrected chi connectivity index (χ3v) is 3.91. The molecule has 2 heteroatoms. The summed E-state index contributed by atoms with van der Waals surface area (Å²) in [4.78, 5) is 0. The Balaban J connectivity index is 1.93. The van der Waals surface area contributed by atoms with Crippen LogP contribution in [0.5, 0.6) is 5.75 Å². The van der Waals surface area contributed by atoms with Crippen molar-refractivity contribution in [3.8, 4) is 5.75 Å². The molecule has 1 aromatic rings. The third kappa shape index (κ3) is 3.26. The van der Waals surface area contributed by atoms with Crippen molar-refractivity contribution < 1.29 is 4.74 Å². The van der Waals surface area contributed by atoms with Crippen LogP contribution in [0, 0.1) is 0 Å². The molecule has 2 atom stereocenters. The number of unbranched alkanes of at least 4 members (excludes halogenated alkanes) is 3. The van der Waals surface area contributed by atoms with E-state index in [1.165, 1.54) is 31.2 Å². The van der Waals surface area contributed by atoms with Crippen molar-refractivity contribution in [2.24, 2.45) is 5.73 Å². The first kappa shape index (κ1) is 13.4. The number of ether oxygens (including phenoxy) is 1. The van der Waals surface area contributed by atoms with Gasteiger partial charge in [-0.25, -0.2) is 0 Å². The maximum absolute atomic E-state index is 6.39. The first-order chi connectivity index (χ1) is 8.83. The molecule has 18 heavy (non-hydrogen) atoms. The molecule has 0 amide bonds. The summed E-state index contributed by atoms with van der Waals surface area (Å²) in [5.41, 5.74) is 7.70. The summed E-state index contributed by atoms with van der Waals surface area (Å²) in [7, 11) is 0. The predicted molar refractivity (Wildman–Crippen MR) is 76.0 cm³/mol. The van der Waals surface area contributed by atoms with Gasteiger partial charge in [0.1, 0.15) is 5.75 Å². The molecular weight excluding hydrogens is 222 g/mol. The van der Waals surface area contributed by atoms with Crippen LogP contribution >= 0.6 is 0 Å². The highest BCUT2D eigenvalue weighted by molar-refractivity contribution is 5.38. The van der Waals surface area contributed by atoms with E-state index in [-0.39, 0.29) is 6.04 Å². The van der Waals surface area contributed by atoms with Crippen LogP contribution in [0.1, 0.15) is 56.9 Å². The van der Waals surface area contributed by atoms with Gasteiger partial charge in [0.25, 0.3) is 0 Å². The van der Waals surface area contributed by atoms with E-state index < -0.39 is 0 Å². The van der Waals surface area contributed by atoms with E-state index in [9.17, 15) is 0 Å². The van der Waals surface area contributed by atoms with Crippen LogP contribution in [0.3, 0.4) is 0 Å². The van der Waals surface area contributed by atoms with E-state index in [2.05, 4.69) is 25.1 Å². The summed E-state index contributed by atoms with van der Waals surface area (Å²) in [6.45, 7) is 3.05. The summed E-state index contributed by atoms with van der Waals surface area (Å²) in [6.07, 6.45) is 7.39. The number of fused-ring (bicyclic) bond motifs is 1. The molecule has 0 radical (unpaired) electrons. The Morgan fingerprint density at radius 3 is 2.94 bits per heavy atom. The molecule has 0 aliphatic carbocycles. The molecule has 0 fully saturated rings. The molecule has 0 saturated heterocycles. The van der Waals surface area contributed by atoms with Gasteiger partial charge in [-0.1, -0.05) is 50.8 Å². The number of rotatable bonds is 6. The Morgan fingerprint density at radius 2 is 2.11 bits per heavy atom. The van der Waals surface area contributed by atoms with Crippen LogP contribution < -0.4 is 10.5 Å². The molecule has 1 aromatic carbocycles. The molecule has 0 aromatic heterocycles. The molecule has 2 N–H and O–H groups in total. The van der Waals surface area contributed by atoms with E-state index >= 15 is 0 Å². The molecule has 2 unspecified atom stereocenters. The van der Waals surface area contributed by atoms with Gasteiger partial charge in [-0.15, -0.1) is 0 Å². The Bertz CT molecular complexity index is 364. The van der Waals surface area contributed by atoms with Crippen molar-refractivity contribution in [2.45, 2.75) is 57.4 Å². The maximum atomic E-state index is 6.39.